The highest BCUT2D eigenvalue weighted by atomic mass is 19.4. The number of carboxylic acids is 2. The Kier molecular flexibility index (Phi) is 8.20. The second-order valence-electron chi connectivity index (χ2n) is 5.07. The lowest BCUT2D eigenvalue weighted by atomic mass is 10.1. The maximum Gasteiger partial charge on any atom is 0.490 e. The average molecular weight is 391 g/mol. The Hall–Kier alpha value is -3.15. The second-order valence-corrected chi connectivity index (χ2v) is 5.07. The lowest BCUT2D eigenvalue weighted by molar-refractivity contribution is -0.192. The van der Waals surface area contributed by atoms with Crippen LogP contribution in [0.4, 0.5) is 19.0 Å². The number of hydrogen-bond donors (Lipinski definition) is 4. The van der Waals surface area contributed by atoms with E-state index in [1.807, 2.05) is 6.07 Å². The number of carboxylic acid groups (broad SMARTS) is 2. The predicted molar refractivity (Wildman–Crippen MR) is 84.2 cm³/mol. The van der Waals surface area contributed by atoms with Crippen molar-refractivity contribution < 1.29 is 42.5 Å². The van der Waals surface area contributed by atoms with Crippen molar-refractivity contribution in [3.8, 4) is 0 Å². The molecular weight excluding hydrogens is 375 g/mol. The number of hydrogen-bond acceptors (Lipinski definition) is 7. The number of nitrogens with one attached hydrogen (secondary N) is 1. The summed E-state index contributed by atoms with van der Waals surface area (Å²) in [6.07, 6.45) is -0.224. The minimum atomic E-state index is -5.08. The standard InChI is InChI=1S/C13H15N3O4.C2HF3O2/c17-8-9(6-10-2-1-5-20-10)7-16-12-11(13(18)19)14-3-4-15-12;3-2(4,5)1(6)7/h1-5,9,17H,6-8H2,(H,15,16)(H,18,19);(H,6,7). The molecule has 0 aliphatic heterocycles. The zero-order valence-corrected chi connectivity index (χ0v) is 13.7. The number of aromatic nitrogens is 2. The van der Waals surface area contributed by atoms with Gasteiger partial charge in [0.25, 0.3) is 0 Å². The Labute approximate surface area is 150 Å². The third kappa shape index (κ3) is 7.73. The van der Waals surface area contributed by atoms with Crippen LogP contribution in [0.25, 0.3) is 0 Å². The van der Waals surface area contributed by atoms with Gasteiger partial charge in [-0.15, -0.1) is 0 Å². The van der Waals surface area contributed by atoms with Gasteiger partial charge in [0.1, 0.15) is 5.76 Å². The third-order valence-corrected chi connectivity index (χ3v) is 3.03. The fourth-order valence-corrected chi connectivity index (χ4v) is 1.78. The molecule has 0 amide bonds. The van der Waals surface area contributed by atoms with Crippen molar-refractivity contribution in [2.24, 2.45) is 5.92 Å². The lowest BCUT2D eigenvalue weighted by Gasteiger charge is -2.14. The number of furan rings is 1. The third-order valence-electron chi connectivity index (χ3n) is 3.03. The van der Waals surface area contributed by atoms with Crippen LogP contribution in [0.2, 0.25) is 0 Å². The van der Waals surface area contributed by atoms with Gasteiger partial charge < -0.3 is 25.1 Å². The minimum absolute atomic E-state index is 0.0453. The fourth-order valence-electron chi connectivity index (χ4n) is 1.78. The number of aliphatic carboxylic acids is 1. The lowest BCUT2D eigenvalue weighted by Crippen LogP contribution is -2.22. The normalized spacial score (nSPS) is 11.9. The fraction of sp³-hybridized carbons (Fsp3) is 0.333. The van der Waals surface area contributed by atoms with Crippen molar-refractivity contribution in [3.05, 3.63) is 42.2 Å². The maximum atomic E-state index is 11.0. The topological polar surface area (TPSA) is 146 Å². The molecule has 2 rings (SSSR count). The molecule has 1 unspecified atom stereocenters. The van der Waals surface area contributed by atoms with Crippen LogP contribution in [0.3, 0.4) is 0 Å². The first-order valence-corrected chi connectivity index (χ1v) is 7.36. The summed E-state index contributed by atoms with van der Waals surface area (Å²) in [5.74, 6) is -3.05. The summed E-state index contributed by atoms with van der Waals surface area (Å²) < 4.78 is 37.0. The highest BCUT2D eigenvalue weighted by molar-refractivity contribution is 5.90. The van der Waals surface area contributed by atoms with E-state index in [1.54, 1.807) is 12.3 Å². The molecule has 27 heavy (non-hydrogen) atoms. The van der Waals surface area contributed by atoms with Crippen molar-refractivity contribution in [2.45, 2.75) is 12.6 Å². The van der Waals surface area contributed by atoms with Crippen molar-refractivity contribution in [1.29, 1.82) is 0 Å². The molecule has 2 aromatic heterocycles. The van der Waals surface area contributed by atoms with Gasteiger partial charge in [-0.2, -0.15) is 13.2 Å². The van der Waals surface area contributed by atoms with E-state index in [1.165, 1.54) is 12.4 Å². The van der Waals surface area contributed by atoms with E-state index in [0.717, 1.165) is 5.76 Å². The Morgan fingerprint density at radius 1 is 1.22 bits per heavy atom. The molecule has 0 fully saturated rings. The molecular formula is C15H16F3N3O6. The number of alkyl halides is 3. The molecule has 0 aliphatic carbocycles. The molecule has 4 N–H and O–H groups in total. The zero-order chi connectivity index (χ0) is 20.4. The van der Waals surface area contributed by atoms with Crippen LogP contribution in [0.15, 0.2) is 35.2 Å². The van der Waals surface area contributed by atoms with E-state index in [4.69, 9.17) is 19.4 Å². The molecule has 0 saturated heterocycles. The number of rotatable bonds is 7. The van der Waals surface area contributed by atoms with Crippen LogP contribution in [0, 0.1) is 5.92 Å². The Bertz CT molecular complexity index is 737. The number of aliphatic hydroxyl groups excluding tert-OH is 1. The predicted octanol–water partition coefficient (Wildman–Crippen LogP) is 1.66. The number of anilines is 1. The molecule has 0 aliphatic rings. The number of halogens is 3. The summed E-state index contributed by atoms with van der Waals surface area (Å²) in [6, 6.07) is 3.61. The van der Waals surface area contributed by atoms with Crippen molar-refractivity contribution in [1.82, 2.24) is 9.97 Å². The first-order chi connectivity index (χ1) is 12.6. The Morgan fingerprint density at radius 3 is 2.33 bits per heavy atom. The van der Waals surface area contributed by atoms with Crippen LogP contribution in [0.5, 0.6) is 0 Å². The van der Waals surface area contributed by atoms with Gasteiger partial charge >= 0.3 is 18.1 Å². The molecule has 0 bridgehead atoms. The van der Waals surface area contributed by atoms with Gasteiger partial charge in [-0.05, 0) is 12.1 Å². The van der Waals surface area contributed by atoms with Crippen molar-refractivity contribution in [2.75, 3.05) is 18.5 Å². The molecule has 0 spiro atoms. The molecule has 148 valence electrons. The zero-order valence-electron chi connectivity index (χ0n) is 13.7. The van der Waals surface area contributed by atoms with Crippen molar-refractivity contribution in [3.63, 3.8) is 0 Å². The largest absolute Gasteiger partial charge is 0.490 e. The summed E-state index contributed by atoms with van der Waals surface area (Å²) in [6.45, 7) is 0.326. The van der Waals surface area contributed by atoms with Gasteiger partial charge in [-0.1, -0.05) is 0 Å². The maximum absolute atomic E-state index is 11.0. The van der Waals surface area contributed by atoms with Crippen LogP contribution >= 0.6 is 0 Å². The van der Waals surface area contributed by atoms with Gasteiger partial charge in [0, 0.05) is 37.9 Å². The SMILES string of the molecule is O=C(O)C(F)(F)F.O=C(O)c1nccnc1NCC(CO)Cc1ccco1. The van der Waals surface area contributed by atoms with Crippen LogP contribution in [0.1, 0.15) is 16.2 Å². The summed E-state index contributed by atoms with van der Waals surface area (Å²) in [7, 11) is 0. The molecule has 1 atom stereocenters. The van der Waals surface area contributed by atoms with Crippen LogP contribution < -0.4 is 5.32 Å². The Balaban J connectivity index is 0.000000445. The van der Waals surface area contributed by atoms with Gasteiger partial charge in [-0.3, -0.25) is 0 Å². The number of aliphatic hydroxyl groups is 1. The molecule has 12 heteroatoms. The number of nitrogens with zero attached hydrogens (tertiary/aromatic N) is 2. The second kappa shape index (κ2) is 10.1. The number of carbonyl (C=O) groups is 2. The van der Waals surface area contributed by atoms with E-state index in [-0.39, 0.29) is 24.0 Å². The molecule has 9 nitrogen and oxygen atoms in total. The molecule has 2 aromatic rings. The van der Waals surface area contributed by atoms with Crippen molar-refractivity contribution >= 4 is 17.8 Å². The van der Waals surface area contributed by atoms with Gasteiger partial charge in [0.15, 0.2) is 11.5 Å². The van der Waals surface area contributed by atoms with E-state index >= 15 is 0 Å². The summed E-state index contributed by atoms with van der Waals surface area (Å²) in [5, 5.41) is 28.4. The average Bonchev–Trinajstić information content (AvgIpc) is 3.11. The van der Waals surface area contributed by atoms with Crippen LogP contribution in [-0.2, 0) is 11.2 Å². The highest BCUT2D eigenvalue weighted by Crippen LogP contribution is 2.13. The number of aromatic carboxylic acids is 1. The van der Waals surface area contributed by atoms with E-state index in [9.17, 15) is 23.1 Å². The smallest absolute Gasteiger partial charge is 0.476 e. The first-order valence-electron chi connectivity index (χ1n) is 7.36. The first kappa shape index (κ1) is 21.9. The molecule has 2 heterocycles. The van der Waals surface area contributed by atoms with Crippen LogP contribution in [-0.4, -0.2) is 56.6 Å². The summed E-state index contributed by atoms with van der Waals surface area (Å²) in [4.78, 5) is 27.6. The van der Waals surface area contributed by atoms with E-state index in [0.29, 0.717) is 13.0 Å². The van der Waals surface area contributed by atoms with E-state index in [2.05, 4.69) is 15.3 Å². The van der Waals surface area contributed by atoms with Gasteiger partial charge in [0.2, 0.25) is 0 Å². The molecule has 0 saturated carbocycles. The van der Waals surface area contributed by atoms with Gasteiger partial charge in [-0.25, -0.2) is 19.6 Å². The summed E-state index contributed by atoms with van der Waals surface area (Å²) >= 11 is 0. The minimum Gasteiger partial charge on any atom is -0.476 e. The molecule has 0 radical (unpaired) electrons. The monoisotopic (exact) mass is 391 g/mol. The van der Waals surface area contributed by atoms with Gasteiger partial charge in [0.05, 0.1) is 6.26 Å². The van der Waals surface area contributed by atoms with E-state index < -0.39 is 18.1 Å². The highest BCUT2D eigenvalue weighted by Gasteiger charge is 2.38. The molecule has 0 aromatic carbocycles. The summed E-state index contributed by atoms with van der Waals surface area (Å²) in [5.41, 5.74) is -0.137. The quantitative estimate of drug-likeness (QED) is 0.553. The Morgan fingerprint density at radius 2 is 1.85 bits per heavy atom.